The van der Waals surface area contributed by atoms with Crippen molar-refractivity contribution in [3.05, 3.63) is 66.2 Å². The van der Waals surface area contributed by atoms with Gasteiger partial charge in [0.1, 0.15) is 17.9 Å². The van der Waals surface area contributed by atoms with E-state index in [0.717, 1.165) is 23.1 Å². The van der Waals surface area contributed by atoms with Crippen LogP contribution in [-0.4, -0.2) is 46.8 Å². The minimum atomic E-state index is 0.613. The van der Waals surface area contributed by atoms with Crippen LogP contribution in [0.5, 0.6) is 17.2 Å². The summed E-state index contributed by atoms with van der Waals surface area (Å²) in [5, 5.41) is 7.46. The highest BCUT2D eigenvalue weighted by Gasteiger charge is 2.10. The lowest BCUT2D eigenvalue weighted by Crippen LogP contribution is -2.38. The largest absolute Gasteiger partial charge is 0.493 e. The Morgan fingerprint density at radius 3 is 2.48 bits per heavy atom. The maximum absolute atomic E-state index is 5.92. The van der Waals surface area contributed by atoms with Gasteiger partial charge in [0.2, 0.25) is 0 Å². The van der Waals surface area contributed by atoms with Gasteiger partial charge in [0.05, 0.1) is 13.7 Å². The molecule has 1 N–H and O–H groups in total. The molecule has 8 heteroatoms. The second-order valence-corrected chi connectivity index (χ2v) is 6.45. The number of aliphatic imine (C=N–C) groups is 1. The molecule has 2 aromatic carbocycles. The molecule has 0 unspecified atom stereocenters. The number of hydrogen-bond donors (Lipinski definition) is 1. The van der Waals surface area contributed by atoms with Gasteiger partial charge in [-0.1, -0.05) is 24.3 Å². The molecule has 152 valence electrons. The van der Waals surface area contributed by atoms with Crippen LogP contribution in [0.2, 0.25) is 0 Å². The molecule has 1 aromatic heterocycles. The van der Waals surface area contributed by atoms with Crippen LogP contribution in [0, 0.1) is 0 Å². The fraction of sp³-hybridized carbons (Fsp3) is 0.286. The van der Waals surface area contributed by atoms with E-state index in [1.165, 1.54) is 0 Å². The van der Waals surface area contributed by atoms with Crippen molar-refractivity contribution < 1.29 is 9.47 Å². The van der Waals surface area contributed by atoms with Crippen molar-refractivity contribution in [2.24, 2.45) is 12.0 Å². The van der Waals surface area contributed by atoms with Crippen molar-refractivity contribution in [1.82, 2.24) is 25.0 Å². The molecule has 0 radical (unpaired) electrons. The minimum absolute atomic E-state index is 0.613. The van der Waals surface area contributed by atoms with Gasteiger partial charge in [0.15, 0.2) is 17.5 Å². The zero-order valence-corrected chi connectivity index (χ0v) is 17.2. The van der Waals surface area contributed by atoms with Gasteiger partial charge < -0.3 is 19.7 Å². The molecule has 0 aliphatic rings. The molecule has 0 atom stereocenters. The van der Waals surface area contributed by atoms with Crippen LogP contribution >= 0.6 is 0 Å². The number of nitrogens with zero attached hydrogens (tertiary/aromatic N) is 5. The second kappa shape index (κ2) is 9.59. The van der Waals surface area contributed by atoms with Crippen molar-refractivity contribution in [3.63, 3.8) is 0 Å². The number of methoxy groups -OCH3 is 1. The summed E-state index contributed by atoms with van der Waals surface area (Å²) in [5.74, 6) is 3.79. The highest BCUT2D eigenvalue weighted by molar-refractivity contribution is 5.79. The summed E-state index contributed by atoms with van der Waals surface area (Å²) >= 11 is 0. The van der Waals surface area contributed by atoms with Crippen molar-refractivity contribution in [1.29, 1.82) is 0 Å². The van der Waals surface area contributed by atoms with Gasteiger partial charge in [0.25, 0.3) is 0 Å². The second-order valence-electron chi connectivity index (χ2n) is 6.45. The van der Waals surface area contributed by atoms with E-state index >= 15 is 0 Å². The first kappa shape index (κ1) is 20.2. The van der Waals surface area contributed by atoms with E-state index in [0.29, 0.717) is 24.6 Å². The van der Waals surface area contributed by atoms with Crippen LogP contribution in [-0.2, 0) is 20.1 Å². The third kappa shape index (κ3) is 5.25. The average Bonchev–Trinajstić information content (AvgIpc) is 3.14. The van der Waals surface area contributed by atoms with Gasteiger partial charge in [-0.15, -0.1) is 0 Å². The molecule has 3 aromatic rings. The zero-order valence-electron chi connectivity index (χ0n) is 17.2. The lowest BCUT2D eigenvalue weighted by Gasteiger charge is -2.21. The van der Waals surface area contributed by atoms with E-state index in [1.54, 1.807) is 25.2 Å². The Hall–Kier alpha value is -3.55. The van der Waals surface area contributed by atoms with Gasteiger partial charge >= 0.3 is 0 Å². The molecule has 0 aliphatic heterocycles. The first-order chi connectivity index (χ1) is 14.1. The van der Waals surface area contributed by atoms with E-state index < -0.39 is 0 Å². The van der Waals surface area contributed by atoms with Crippen LogP contribution in [0.1, 0.15) is 11.4 Å². The molecule has 0 spiro atoms. The zero-order chi connectivity index (χ0) is 20.6. The quantitative estimate of drug-likeness (QED) is 0.491. The highest BCUT2D eigenvalue weighted by Crippen LogP contribution is 2.30. The monoisotopic (exact) mass is 394 g/mol. The van der Waals surface area contributed by atoms with Crippen LogP contribution in [0.3, 0.4) is 0 Å². The normalized spacial score (nSPS) is 11.2. The fourth-order valence-corrected chi connectivity index (χ4v) is 2.82. The molecule has 1 heterocycles. The van der Waals surface area contributed by atoms with Gasteiger partial charge in [-0.3, -0.25) is 9.67 Å². The van der Waals surface area contributed by atoms with Gasteiger partial charge in [-0.05, 0) is 29.8 Å². The predicted molar refractivity (Wildman–Crippen MR) is 112 cm³/mol. The number of hydrogen-bond acceptors (Lipinski definition) is 5. The lowest BCUT2D eigenvalue weighted by atomic mass is 10.2. The van der Waals surface area contributed by atoms with E-state index in [2.05, 4.69) is 20.4 Å². The molecule has 0 saturated carbocycles. The average molecular weight is 394 g/mol. The highest BCUT2D eigenvalue weighted by atomic mass is 16.5. The Morgan fingerprint density at radius 2 is 1.86 bits per heavy atom. The predicted octanol–water partition coefficient (Wildman–Crippen LogP) is 2.82. The Balaban J connectivity index is 1.57. The van der Waals surface area contributed by atoms with Crippen LogP contribution in [0.4, 0.5) is 0 Å². The lowest BCUT2D eigenvalue weighted by molar-refractivity contribution is 0.379. The van der Waals surface area contributed by atoms with E-state index in [9.17, 15) is 0 Å². The maximum atomic E-state index is 5.92. The Labute approximate surface area is 170 Å². The number of aryl methyl sites for hydroxylation is 1. The minimum Gasteiger partial charge on any atom is -0.493 e. The van der Waals surface area contributed by atoms with E-state index in [1.807, 2.05) is 67.5 Å². The summed E-state index contributed by atoms with van der Waals surface area (Å²) < 4.78 is 13.0. The number of guanidine groups is 1. The van der Waals surface area contributed by atoms with Crippen molar-refractivity contribution in [2.75, 3.05) is 21.2 Å². The van der Waals surface area contributed by atoms with Crippen molar-refractivity contribution in [2.45, 2.75) is 13.1 Å². The molecular formula is C21H26N6O2. The fourth-order valence-electron chi connectivity index (χ4n) is 2.82. The van der Waals surface area contributed by atoms with Gasteiger partial charge in [-0.2, -0.15) is 5.10 Å². The molecule has 0 aliphatic carbocycles. The number of aromatic nitrogens is 3. The summed E-state index contributed by atoms with van der Waals surface area (Å²) in [5.41, 5.74) is 1.12. The standard InChI is InChI=1S/C21H26N6O2/c1-22-21(26(2)14-20-24-15-25-27(20)3)23-13-16-9-11-17(12-10-16)29-19-8-6-5-7-18(19)28-4/h5-12,15H,13-14H2,1-4H3,(H,22,23). The summed E-state index contributed by atoms with van der Waals surface area (Å²) in [6.07, 6.45) is 1.55. The summed E-state index contributed by atoms with van der Waals surface area (Å²) in [7, 11) is 7.24. The van der Waals surface area contributed by atoms with Crippen molar-refractivity contribution >= 4 is 5.96 Å². The Morgan fingerprint density at radius 1 is 1.14 bits per heavy atom. The first-order valence-corrected chi connectivity index (χ1v) is 9.25. The molecule has 0 fully saturated rings. The smallest absolute Gasteiger partial charge is 0.194 e. The SMILES string of the molecule is CN=C(NCc1ccc(Oc2ccccc2OC)cc1)N(C)Cc1ncnn1C. The maximum Gasteiger partial charge on any atom is 0.194 e. The molecule has 0 amide bonds. The van der Waals surface area contributed by atoms with Gasteiger partial charge in [0, 0.05) is 27.7 Å². The van der Waals surface area contributed by atoms with Crippen LogP contribution in [0.15, 0.2) is 59.9 Å². The summed E-state index contributed by atoms with van der Waals surface area (Å²) in [6.45, 7) is 1.26. The van der Waals surface area contributed by atoms with E-state index in [-0.39, 0.29) is 0 Å². The van der Waals surface area contributed by atoms with Gasteiger partial charge in [-0.25, -0.2) is 4.98 Å². The number of nitrogens with one attached hydrogen (secondary N) is 1. The number of rotatable bonds is 7. The third-order valence-electron chi connectivity index (χ3n) is 4.43. The van der Waals surface area contributed by atoms with E-state index in [4.69, 9.17) is 9.47 Å². The van der Waals surface area contributed by atoms with Crippen molar-refractivity contribution in [3.8, 4) is 17.2 Å². The molecule has 29 heavy (non-hydrogen) atoms. The topological polar surface area (TPSA) is 76.8 Å². The Kier molecular flexibility index (Phi) is 6.67. The third-order valence-corrected chi connectivity index (χ3v) is 4.43. The number of para-hydroxylation sites is 2. The molecular weight excluding hydrogens is 368 g/mol. The number of benzene rings is 2. The first-order valence-electron chi connectivity index (χ1n) is 9.25. The molecule has 0 saturated heterocycles. The van der Waals surface area contributed by atoms with Crippen LogP contribution in [0.25, 0.3) is 0 Å². The summed E-state index contributed by atoms with van der Waals surface area (Å²) in [4.78, 5) is 10.6. The molecule has 8 nitrogen and oxygen atoms in total. The number of ether oxygens (including phenoxy) is 2. The molecule has 3 rings (SSSR count). The Bertz CT molecular complexity index is 952. The summed E-state index contributed by atoms with van der Waals surface area (Å²) in [6, 6.07) is 15.5. The van der Waals surface area contributed by atoms with Crippen LogP contribution < -0.4 is 14.8 Å². The molecule has 0 bridgehead atoms.